The molecule has 2 bridgehead atoms. The van der Waals surface area contributed by atoms with Crippen LogP contribution in [-0.2, 0) is 0 Å². The van der Waals surface area contributed by atoms with Gasteiger partial charge in [-0.05, 0) is 48.6 Å². The van der Waals surface area contributed by atoms with Gasteiger partial charge in [0.1, 0.15) is 5.82 Å². The zero-order valence-corrected chi connectivity index (χ0v) is 12.7. The van der Waals surface area contributed by atoms with Gasteiger partial charge < -0.3 is 5.32 Å². The quantitative estimate of drug-likeness (QED) is 0.844. The number of fused-ring (bicyclic) bond motifs is 2. The minimum atomic E-state index is -0.541. The molecule has 2 aliphatic rings. The van der Waals surface area contributed by atoms with E-state index >= 15 is 0 Å². The van der Waals surface area contributed by atoms with Crippen LogP contribution in [0.2, 0.25) is 0 Å². The maximum Gasteiger partial charge on any atom is 0.220 e. The van der Waals surface area contributed by atoms with Crippen molar-refractivity contribution < 1.29 is 8.78 Å². The van der Waals surface area contributed by atoms with Crippen molar-refractivity contribution in [3.8, 4) is 11.1 Å². The zero-order chi connectivity index (χ0) is 14.4. The molecule has 0 amide bonds. The Bertz CT molecular complexity index is 692. The van der Waals surface area contributed by atoms with E-state index in [2.05, 4.69) is 10.3 Å². The Morgan fingerprint density at radius 3 is 2.68 bits per heavy atom. The van der Waals surface area contributed by atoms with E-state index in [0.29, 0.717) is 29.1 Å². The average molecular weight is 323 g/mol. The summed E-state index contributed by atoms with van der Waals surface area (Å²) in [6, 6.07) is 8.92. The maximum atomic E-state index is 14.0. The Morgan fingerprint density at radius 2 is 2.00 bits per heavy atom. The summed E-state index contributed by atoms with van der Waals surface area (Å²) in [5.41, 5.74) is 1.98. The normalized spacial score (nSPS) is 26.0. The SMILES string of the molecule is Cl.Fc1cccc(-c2cc([C@H]3C[C@@H]4CC[C@H]3N4)cnc2F)c1. The van der Waals surface area contributed by atoms with Crippen molar-refractivity contribution in [1.29, 1.82) is 0 Å². The van der Waals surface area contributed by atoms with Crippen LogP contribution in [0, 0.1) is 11.8 Å². The van der Waals surface area contributed by atoms with Crippen molar-refractivity contribution >= 4 is 12.4 Å². The first kappa shape index (κ1) is 15.4. The summed E-state index contributed by atoms with van der Waals surface area (Å²) >= 11 is 0. The highest BCUT2D eigenvalue weighted by molar-refractivity contribution is 5.85. The number of benzene rings is 1. The van der Waals surface area contributed by atoms with Crippen molar-refractivity contribution in [3.63, 3.8) is 0 Å². The molecule has 2 aliphatic heterocycles. The summed E-state index contributed by atoms with van der Waals surface area (Å²) in [6.07, 6.45) is 5.11. The summed E-state index contributed by atoms with van der Waals surface area (Å²) in [5, 5.41) is 3.58. The van der Waals surface area contributed by atoms with Gasteiger partial charge in [0.05, 0.1) is 0 Å². The van der Waals surface area contributed by atoms with Gasteiger partial charge in [0, 0.05) is 29.8 Å². The van der Waals surface area contributed by atoms with E-state index in [0.717, 1.165) is 12.0 Å². The highest BCUT2D eigenvalue weighted by Crippen LogP contribution is 2.40. The predicted molar refractivity (Wildman–Crippen MR) is 84.1 cm³/mol. The molecule has 2 fully saturated rings. The minimum Gasteiger partial charge on any atom is -0.311 e. The van der Waals surface area contributed by atoms with Gasteiger partial charge in [-0.25, -0.2) is 9.37 Å². The molecule has 0 unspecified atom stereocenters. The Morgan fingerprint density at radius 1 is 1.14 bits per heavy atom. The number of aromatic nitrogens is 1. The molecule has 2 nitrogen and oxygen atoms in total. The molecule has 3 atom stereocenters. The van der Waals surface area contributed by atoms with Crippen molar-refractivity contribution in [1.82, 2.24) is 10.3 Å². The number of hydrogen-bond acceptors (Lipinski definition) is 2. The second-order valence-corrected chi connectivity index (χ2v) is 6.01. The number of rotatable bonds is 2. The summed E-state index contributed by atoms with van der Waals surface area (Å²) in [6.45, 7) is 0. The first-order valence-electron chi connectivity index (χ1n) is 7.38. The van der Waals surface area contributed by atoms with Crippen LogP contribution in [0.3, 0.4) is 0 Å². The Kier molecular flexibility index (Phi) is 4.15. The van der Waals surface area contributed by atoms with Crippen LogP contribution in [0.15, 0.2) is 36.5 Å². The van der Waals surface area contributed by atoms with Gasteiger partial charge >= 0.3 is 0 Å². The van der Waals surface area contributed by atoms with Crippen LogP contribution in [0.5, 0.6) is 0 Å². The number of nitrogens with zero attached hydrogens (tertiary/aromatic N) is 1. The second-order valence-electron chi connectivity index (χ2n) is 6.01. The van der Waals surface area contributed by atoms with E-state index in [1.165, 1.54) is 25.0 Å². The summed E-state index contributed by atoms with van der Waals surface area (Å²) in [4.78, 5) is 3.90. The fourth-order valence-corrected chi connectivity index (χ4v) is 3.72. The third-order valence-corrected chi connectivity index (χ3v) is 4.72. The largest absolute Gasteiger partial charge is 0.311 e. The molecule has 5 heteroatoms. The van der Waals surface area contributed by atoms with Crippen molar-refractivity contribution in [3.05, 3.63) is 53.9 Å². The molecule has 0 radical (unpaired) electrons. The molecule has 2 aromatic rings. The minimum absolute atomic E-state index is 0. The van der Waals surface area contributed by atoms with Gasteiger partial charge in [-0.1, -0.05) is 12.1 Å². The van der Waals surface area contributed by atoms with Gasteiger partial charge in [-0.15, -0.1) is 12.4 Å². The molecule has 2 saturated heterocycles. The molecular formula is C17H17ClF2N2. The van der Waals surface area contributed by atoms with Crippen molar-refractivity contribution in [2.45, 2.75) is 37.3 Å². The summed E-state index contributed by atoms with van der Waals surface area (Å²) < 4.78 is 27.4. The molecule has 4 rings (SSSR count). The fourth-order valence-electron chi connectivity index (χ4n) is 3.72. The highest BCUT2D eigenvalue weighted by Gasteiger charge is 2.39. The van der Waals surface area contributed by atoms with Crippen molar-refractivity contribution in [2.24, 2.45) is 0 Å². The summed E-state index contributed by atoms with van der Waals surface area (Å²) in [7, 11) is 0. The average Bonchev–Trinajstić information content (AvgIpc) is 3.10. The van der Waals surface area contributed by atoms with Crippen LogP contribution in [0.1, 0.15) is 30.7 Å². The van der Waals surface area contributed by atoms with E-state index in [4.69, 9.17) is 0 Å². The van der Waals surface area contributed by atoms with Crippen LogP contribution in [0.4, 0.5) is 8.78 Å². The number of hydrogen-bond donors (Lipinski definition) is 1. The van der Waals surface area contributed by atoms with Crippen LogP contribution in [0.25, 0.3) is 11.1 Å². The van der Waals surface area contributed by atoms with E-state index in [9.17, 15) is 8.78 Å². The number of nitrogens with one attached hydrogen (secondary N) is 1. The topological polar surface area (TPSA) is 24.9 Å². The molecule has 3 heterocycles. The standard InChI is InChI=1S/C17H16F2N2.ClH/c18-12-3-1-2-10(6-12)15-7-11(9-20-17(15)19)14-8-13-4-5-16(14)21-13;/h1-3,6-7,9,13-14,16,21H,4-5,8H2;1H/t13-,14+,16+;/m0./s1. The molecule has 1 N–H and O–H groups in total. The maximum absolute atomic E-state index is 14.0. The Hall–Kier alpha value is -1.52. The van der Waals surface area contributed by atoms with Crippen LogP contribution >= 0.6 is 12.4 Å². The summed E-state index contributed by atoms with van der Waals surface area (Å²) in [5.74, 6) is -0.511. The molecule has 1 aromatic carbocycles. The molecule has 1 aromatic heterocycles. The predicted octanol–water partition coefficient (Wildman–Crippen LogP) is 4.06. The lowest BCUT2D eigenvalue weighted by Crippen LogP contribution is -2.21. The monoisotopic (exact) mass is 322 g/mol. The van der Waals surface area contributed by atoms with Gasteiger partial charge in [0.25, 0.3) is 0 Å². The Balaban J connectivity index is 0.00000144. The number of pyridine rings is 1. The van der Waals surface area contributed by atoms with E-state index in [-0.39, 0.29) is 18.2 Å². The molecule has 116 valence electrons. The highest BCUT2D eigenvalue weighted by atomic mass is 35.5. The third-order valence-electron chi connectivity index (χ3n) is 4.72. The third kappa shape index (κ3) is 2.61. The van der Waals surface area contributed by atoms with E-state index < -0.39 is 5.95 Å². The van der Waals surface area contributed by atoms with Gasteiger partial charge in [-0.3, -0.25) is 0 Å². The molecular weight excluding hydrogens is 306 g/mol. The lowest BCUT2D eigenvalue weighted by molar-refractivity contribution is 0.502. The molecule has 22 heavy (non-hydrogen) atoms. The lowest BCUT2D eigenvalue weighted by atomic mass is 9.84. The van der Waals surface area contributed by atoms with Gasteiger partial charge in [0.2, 0.25) is 5.95 Å². The number of halogens is 3. The van der Waals surface area contributed by atoms with E-state index in [1.807, 2.05) is 6.07 Å². The smallest absolute Gasteiger partial charge is 0.220 e. The van der Waals surface area contributed by atoms with Crippen LogP contribution in [-0.4, -0.2) is 17.1 Å². The molecule has 0 spiro atoms. The fraction of sp³-hybridized carbons (Fsp3) is 0.353. The Labute approximate surface area is 134 Å². The molecule has 0 aliphatic carbocycles. The first-order chi connectivity index (χ1) is 10.2. The second kappa shape index (κ2) is 5.94. The molecule has 0 saturated carbocycles. The zero-order valence-electron chi connectivity index (χ0n) is 11.9. The lowest BCUT2D eigenvalue weighted by Gasteiger charge is -2.20. The first-order valence-corrected chi connectivity index (χ1v) is 7.38. The van der Waals surface area contributed by atoms with Crippen LogP contribution < -0.4 is 5.32 Å². The van der Waals surface area contributed by atoms with Gasteiger partial charge in [0.15, 0.2) is 0 Å². The van der Waals surface area contributed by atoms with Crippen molar-refractivity contribution in [2.75, 3.05) is 0 Å². The van der Waals surface area contributed by atoms with Gasteiger partial charge in [-0.2, -0.15) is 4.39 Å². The van der Waals surface area contributed by atoms with E-state index in [1.54, 1.807) is 18.3 Å².